The summed E-state index contributed by atoms with van der Waals surface area (Å²) in [7, 11) is 2.66. The summed E-state index contributed by atoms with van der Waals surface area (Å²) in [5.41, 5.74) is -1.55. The zero-order chi connectivity index (χ0) is 18.2. The van der Waals surface area contributed by atoms with Crippen molar-refractivity contribution in [3.05, 3.63) is 29.8 Å². The summed E-state index contributed by atoms with van der Waals surface area (Å²) >= 11 is 0. The number of carbonyl (C=O) groups excluding carboxylic acids is 1. The molecule has 1 atom stereocenters. The third kappa shape index (κ3) is 3.43. The number of hydrogen-bond acceptors (Lipinski definition) is 7. The molecule has 0 amide bonds. The minimum atomic E-state index is -2.01. The van der Waals surface area contributed by atoms with Gasteiger partial charge in [0.15, 0.2) is 11.3 Å². The Labute approximate surface area is 139 Å². The Morgan fingerprint density at radius 3 is 2.00 bits per heavy atom. The van der Waals surface area contributed by atoms with Gasteiger partial charge in [0.1, 0.15) is 5.75 Å². The van der Waals surface area contributed by atoms with Crippen molar-refractivity contribution in [1.29, 1.82) is 21.0 Å². The summed E-state index contributed by atoms with van der Waals surface area (Å²) < 4.78 is 9.68. The predicted octanol–water partition coefficient (Wildman–Crippen LogP) is 2.04. The van der Waals surface area contributed by atoms with Crippen LogP contribution in [0.15, 0.2) is 24.3 Å². The fourth-order valence-corrected chi connectivity index (χ4v) is 2.37. The Hall–Kier alpha value is -3.55. The lowest BCUT2D eigenvalue weighted by atomic mass is 9.65. The van der Waals surface area contributed by atoms with Crippen LogP contribution in [-0.2, 0) is 9.53 Å². The number of nitrogens with zero attached hydrogens (tertiary/aromatic N) is 4. The van der Waals surface area contributed by atoms with E-state index in [2.05, 4.69) is 4.74 Å². The monoisotopic (exact) mass is 322 g/mol. The molecule has 0 radical (unpaired) electrons. The summed E-state index contributed by atoms with van der Waals surface area (Å²) in [4.78, 5) is 11.8. The van der Waals surface area contributed by atoms with Crippen LogP contribution < -0.4 is 4.74 Å². The molecule has 7 heteroatoms. The fraction of sp³-hybridized carbons (Fsp3) is 0.353. The van der Waals surface area contributed by atoms with E-state index < -0.39 is 23.2 Å². The number of benzene rings is 1. The highest BCUT2D eigenvalue weighted by Crippen LogP contribution is 2.44. The highest BCUT2D eigenvalue weighted by molar-refractivity contribution is 5.71. The molecule has 0 fully saturated rings. The topological polar surface area (TPSA) is 131 Å². The third-order valence-corrected chi connectivity index (χ3v) is 3.75. The first-order chi connectivity index (χ1) is 11.5. The van der Waals surface area contributed by atoms with Crippen LogP contribution in [0, 0.1) is 56.7 Å². The average molecular weight is 322 g/mol. The Kier molecular flexibility index (Phi) is 6.30. The van der Waals surface area contributed by atoms with E-state index in [4.69, 9.17) is 4.74 Å². The molecule has 0 spiro atoms. The first-order valence-electron chi connectivity index (χ1n) is 6.85. The second-order valence-electron chi connectivity index (χ2n) is 4.89. The molecule has 0 aliphatic carbocycles. The van der Waals surface area contributed by atoms with Crippen molar-refractivity contribution >= 4 is 5.97 Å². The van der Waals surface area contributed by atoms with Crippen LogP contribution in [0.3, 0.4) is 0 Å². The molecule has 7 nitrogen and oxygen atoms in total. The molecule has 0 saturated carbocycles. The number of hydrogen-bond donors (Lipinski definition) is 0. The van der Waals surface area contributed by atoms with E-state index in [1.807, 2.05) is 0 Å². The van der Waals surface area contributed by atoms with E-state index in [1.165, 1.54) is 14.2 Å². The van der Waals surface area contributed by atoms with Crippen molar-refractivity contribution in [2.75, 3.05) is 14.2 Å². The van der Waals surface area contributed by atoms with Gasteiger partial charge in [-0.25, -0.2) is 0 Å². The normalized spacial score (nSPS) is 11.3. The number of ether oxygens (including phenoxy) is 2. The highest BCUT2D eigenvalue weighted by atomic mass is 16.5. The third-order valence-electron chi connectivity index (χ3n) is 3.75. The van der Waals surface area contributed by atoms with Crippen molar-refractivity contribution in [3.63, 3.8) is 0 Å². The molecule has 0 heterocycles. The first kappa shape index (κ1) is 18.5. The van der Waals surface area contributed by atoms with Crippen LogP contribution >= 0.6 is 0 Å². The molecule has 120 valence electrons. The van der Waals surface area contributed by atoms with E-state index in [9.17, 15) is 25.8 Å². The van der Waals surface area contributed by atoms with E-state index in [0.717, 1.165) is 0 Å². The molecule has 1 unspecified atom stereocenters. The van der Waals surface area contributed by atoms with Crippen LogP contribution in [-0.4, -0.2) is 20.2 Å². The average Bonchev–Trinajstić information content (AvgIpc) is 2.64. The largest absolute Gasteiger partial charge is 0.497 e. The van der Waals surface area contributed by atoms with Crippen molar-refractivity contribution < 1.29 is 14.3 Å². The van der Waals surface area contributed by atoms with Crippen LogP contribution in [0.5, 0.6) is 5.75 Å². The molecule has 0 aliphatic heterocycles. The lowest BCUT2D eigenvalue weighted by molar-refractivity contribution is -0.141. The van der Waals surface area contributed by atoms with Crippen molar-refractivity contribution in [2.24, 2.45) is 11.3 Å². The minimum absolute atomic E-state index is 0.316. The smallest absolute Gasteiger partial charge is 0.306 e. The van der Waals surface area contributed by atoms with Gasteiger partial charge in [0, 0.05) is 5.92 Å². The number of methoxy groups -OCH3 is 2. The van der Waals surface area contributed by atoms with E-state index >= 15 is 0 Å². The molecule has 1 aromatic carbocycles. The molecule has 1 aromatic rings. The summed E-state index contributed by atoms with van der Waals surface area (Å²) in [5.74, 6) is -2.63. The number of carbonyl (C=O) groups is 1. The minimum Gasteiger partial charge on any atom is -0.497 e. The van der Waals surface area contributed by atoms with Crippen LogP contribution in [0.25, 0.3) is 0 Å². The Morgan fingerprint density at radius 1 is 1.08 bits per heavy atom. The Bertz CT molecular complexity index is 731. The molecule has 0 aromatic heterocycles. The zero-order valence-corrected chi connectivity index (χ0v) is 13.2. The van der Waals surface area contributed by atoms with Gasteiger partial charge in [0.25, 0.3) is 0 Å². The lowest BCUT2D eigenvalue weighted by Gasteiger charge is -2.29. The van der Waals surface area contributed by atoms with E-state index in [1.54, 1.807) is 48.5 Å². The Morgan fingerprint density at radius 2 is 1.62 bits per heavy atom. The first-order valence-corrected chi connectivity index (χ1v) is 6.85. The summed E-state index contributed by atoms with van der Waals surface area (Å²) in [6.45, 7) is 0. The number of esters is 1. The number of rotatable bonds is 6. The van der Waals surface area contributed by atoms with Gasteiger partial charge in [0.2, 0.25) is 0 Å². The standard InChI is InChI=1S/C17H14N4O3/c1-23-14-5-3-12(4-6-14)15(7-16(22)24-2)17(10-20,11-21)13(8-18)9-19/h3-6,13,15H,7H2,1-2H3. The lowest BCUT2D eigenvalue weighted by Crippen LogP contribution is -2.34. The van der Waals surface area contributed by atoms with Crippen molar-refractivity contribution in [3.8, 4) is 30.0 Å². The predicted molar refractivity (Wildman–Crippen MR) is 80.7 cm³/mol. The van der Waals surface area contributed by atoms with E-state index in [0.29, 0.717) is 11.3 Å². The maximum absolute atomic E-state index is 11.8. The van der Waals surface area contributed by atoms with Crippen molar-refractivity contribution in [2.45, 2.75) is 12.3 Å². The summed E-state index contributed by atoms with van der Waals surface area (Å²) in [5, 5.41) is 37.5. The summed E-state index contributed by atoms with van der Waals surface area (Å²) in [6.07, 6.45) is -0.316. The molecular formula is C17H14N4O3. The van der Waals surface area contributed by atoms with Gasteiger partial charge >= 0.3 is 5.97 Å². The maximum atomic E-state index is 11.8. The maximum Gasteiger partial charge on any atom is 0.306 e. The summed E-state index contributed by atoms with van der Waals surface area (Å²) in [6, 6.07) is 13.3. The van der Waals surface area contributed by atoms with Gasteiger partial charge in [-0.05, 0) is 17.7 Å². The van der Waals surface area contributed by atoms with Gasteiger partial charge in [0.05, 0.1) is 44.9 Å². The van der Waals surface area contributed by atoms with Crippen LogP contribution in [0.2, 0.25) is 0 Å². The van der Waals surface area contributed by atoms with Gasteiger partial charge in [-0.15, -0.1) is 0 Å². The molecular weight excluding hydrogens is 308 g/mol. The molecule has 0 aliphatic rings. The molecule has 0 N–H and O–H groups in total. The van der Waals surface area contributed by atoms with E-state index in [-0.39, 0.29) is 6.42 Å². The SMILES string of the molecule is COC(=O)CC(c1ccc(OC)cc1)C(C#N)(C#N)C(C#N)C#N. The Balaban J connectivity index is 3.53. The van der Waals surface area contributed by atoms with Crippen molar-refractivity contribution in [1.82, 2.24) is 0 Å². The second-order valence-corrected chi connectivity index (χ2v) is 4.89. The quantitative estimate of drug-likeness (QED) is 0.732. The molecule has 0 saturated heterocycles. The fourth-order valence-electron chi connectivity index (χ4n) is 2.37. The van der Waals surface area contributed by atoms with Crippen LogP contribution in [0.4, 0.5) is 0 Å². The molecule has 0 bridgehead atoms. The van der Waals surface area contributed by atoms with Gasteiger partial charge in [-0.2, -0.15) is 21.0 Å². The van der Waals surface area contributed by atoms with Crippen LogP contribution in [0.1, 0.15) is 17.9 Å². The highest BCUT2D eigenvalue weighted by Gasteiger charge is 2.49. The zero-order valence-electron chi connectivity index (χ0n) is 13.2. The molecule has 1 rings (SSSR count). The molecule has 24 heavy (non-hydrogen) atoms. The van der Waals surface area contributed by atoms with Gasteiger partial charge < -0.3 is 9.47 Å². The second kappa shape index (κ2) is 8.18. The van der Waals surface area contributed by atoms with Gasteiger partial charge in [-0.1, -0.05) is 12.1 Å². The number of nitriles is 4. The van der Waals surface area contributed by atoms with Gasteiger partial charge in [-0.3, -0.25) is 4.79 Å².